The summed E-state index contributed by atoms with van der Waals surface area (Å²) in [6.45, 7) is 0.363. The SMILES string of the molecule is O=C(NCc1cccnc1)c1cc2ccccc2c(=O)[nH]1. The molecule has 0 bridgehead atoms. The number of aromatic amines is 1. The molecule has 1 aromatic carbocycles. The third-order valence-electron chi connectivity index (χ3n) is 3.17. The van der Waals surface area contributed by atoms with Crippen LogP contribution >= 0.6 is 0 Å². The van der Waals surface area contributed by atoms with E-state index in [1.165, 1.54) is 0 Å². The van der Waals surface area contributed by atoms with Crippen molar-refractivity contribution in [3.8, 4) is 0 Å². The first-order valence-corrected chi connectivity index (χ1v) is 6.53. The van der Waals surface area contributed by atoms with Crippen molar-refractivity contribution in [2.75, 3.05) is 0 Å². The fraction of sp³-hybridized carbons (Fsp3) is 0.0625. The van der Waals surface area contributed by atoms with E-state index >= 15 is 0 Å². The average Bonchev–Trinajstić information content (AvgIpc) is 2.53. The van der Waals surface area contributed by atoms with Crippen LogP contribution in [0, 0.1) is 0 Å². The van der Waals surface area contributed by atoms with Crippen LogP contribution in [0.2, 0.25) is 0 Å². The Bertz CT molecular complexity index is 841. The Hall–Kier alpha value is -2.95. The van der Waals surface area contributed by atoms with Crippen LogP contribution in [0.25, 0.3) is 10.8 Å². The molecule has 0 fully saturated rings. The number of hydrogen-bond acceptors (Lipinski definition) is 3. The Morgan fingerprint density at radius 3 is 2.86 bits per heavy atom. The van der Waals surface area contributed by atoms with Gasteiger partial charge in [-0.2, -0.15) is 0 Å². The zero-order valence-electron chi connectivity index (χ0n) is 11.2. The molecule has 0 unspecified atom stereocenters. The Kier molecular flexibility index (Phi) is 3.47. The number of carbonyl (C=O) groups excluding carboxylic acids is 1. The lowest BCUT2D eigenvalue weighted by atomic mass is 10.1. The summed E-state index contributed by atoms with van der Waals surface area (Å²) in [4.78, 5) is 30.6. The maximum absolute atomic E-state index is 12.1. The quantitative estimate of drug-likeness (QED) is 0.768. The number of carbonyl (C=O) groups is 1. The molecule has 0 atom stereocenters. The maximum Gasteiger partial charge on any atom is 0.268 e. The molecule has 0 aliphatic rings. The van der Waals surface area contributed by atoms with E-state index in [1.54, 1.807) is 36.7 Å². The molecule has 0 spiro atoms. The van der Waals surface area contributed by atoms with E-state index in [2.05, 4.69) is 15.3 Å². The Balaban J connectivity index is 1.83. The van der Waals surface area contributed by atoms with E-state index in [1.807, 2.05) is 18.2 Å². The van der Waals surface area contributed by atoms with E-state index in [0.717, 1.165) is 10.9 Å². The first kappa shape index (κ1) is 13.1. The van der Waals surface area contributed by atoms with Crippen molar-refractivity contribution in [2.24, 2.45) is 0 Å². The van der Waals surface area contributed by atoms with Crippen LogP contribution in [0.1, 0.15) is 16.1 Å². The van der Waals surface area contributed by atoms with Gasteiger partial charge in [-0.15, -0.1) is 0 Å². The lowest BCUT2D eigenvalue weighted by Crippen LogP contribution is -2.26. The predicted octanol–water partition coefficient (Wildman–Crippen LogP) is 1.85. The van der Waals surface area contributed by atoms with Crippen LogP contribution in [0.3, 0.4) is 0 Å². The largest absolute Gasteiger partial charge is 0.347 e. The molecule has 21 heavy (non-hydrogen) atoms. The molecule has 2 aromatic heterocycles. The molecule has 3 aromatic rings. The first-order chi connectivity index (χ1) is 10.2. The Labute approximate surface area is 120 Å². The number of nitrogens with zero attached hydrogens (tertiary/aromatic N) is 1. The second-order valence-corrected chi connectivity index (χ2v) is 4.64. The third-order valence-corrected chi connectivity index (χ3v) is 3.17. The van der Waals surface area contributed by atoms with E-state index in [-0.39, 0.29) is 17.2 Å². The molecule has 2 N–H and O–H groups in total. The number of rotatable bonds is 3. The normalized spacial score (nSPS) is 10.5. The number of nitrogens with one attached hydrogen (secondary N) is 2. The van der Waals surface area contributed by atoms with Gasteiger partial charge in [-0.25, -0.2) is 0 Å². The van der Waals surface area contributed by atoms with Gasteiger partial charge in [-0.3, -0.25) is 14.6 Å². The van der Waals surface area contributed by atoms with Gasteiger partial charge < -0.3 is 10.3 Å². The third kappa shape index (κ3) is 2.81. The summed E-state index contributed by atoms with van der Waals surface area (Å²) in [5, 5.41) is 4.07. The summed E-state index contributed by atoms with van der Waals surface area (Å²) in [6, 6.07) is 12.5. The van der Waals surface area contributed by atoms with E-state index in [4.69, 9.17) is 0 Å². The number of aromatic nitrogens is 2. The van der Waals surface area contributed by atoms with Crippen LogP contribution in [0.5, 0.6) is 0 Å². The number of hydrogen-bond donors (Lipinski definition) is 2. The number of benzene rings is 1. The minimum Gasteiger partial charge on any atom is -0.347 e. The van der Waals surface area contributed by atoms with Gasteiger partial charge in [0.2, 0.25) is 0 Å². The molecule has 3 rings (SSSR count). The minimum atomic E-state index is -0.318. The first-order valence-electron chi connectivity index (χ1n) is 6.53. The summed E-state index contributed by atoms with van der Waals surface area (Å²) in [6.07, 6.45) is 3.36. The molecule has 1 amide bonds. The second kappa shape index (κ2) is 5.58. The summed E-state index contributed by atoms with van der Waals surface area (Å²) in [5.41, 5.74) is 0.885. The van der Waals surface area contributed by atoms with E-state index in [0.29, 0.717) is 11.9 Å². The molecular formula is C16H13N3O2. The van der Waals surface area contributed by atoms with Crippen LogP contribution in [-0.2, 0) is 6.54 Å². The molecule has 104 valence electrons. The van der Waals surface area contributed by atoms with E-state index in [9.17, 15) is 9.59 Å². The molecule has 2 heterocycles. The highest BCUT2D eigenvalue weighted by Crippen LogP contribution is 2.09. The van der Waals surface area contributed by atoms with Crippen molar-refractivity contribution in [2.45, 2.75) is 6.54 Å². The summed E-state index contributed by atoms with van der Waals surface area (Å²) in [7, 11) is 0. The molecule has 0 aliphatic heterocycles. The number of amides is 1. The van der Waals surface area contributed by atoms with Gasteiger partial charge in [-0.1, -0.05) is 24.3 Å². The van der Waals surface area contributed by atoms with Crippen LogP contribution in [0.15, 0.2) is 59.7 Å². The second-order valence-electron chi connectivity index (χ2n) is 4.64. The van der Waals surface area contributed by atoms with Crippen molar-refractivity contribution in [1.29, 1.82) is 0 Å². The van der Waals surface area contributed by atoms with Crippen LogP contribution in [0.4, 0.5) is 0 Å². The van der Waals surface area contributed by atoms with Gasteiger partial charge in [0.15, 0.2) is 0 Å². The Morgan fingerprint density at radius 2 is 2.05 bits per heavy atom. The highest BCUT2D eigenvalue weighted by atomic mass is 16.2. The number of fused-ring (bicyclic) bond motifs is 1. The monoisotopic (exact) mass is 279 g/mol. The number of H-pyrrole nitrogens is 1. The van der Waals surface area contributed by atoms with Crippen molar-refractivity contribution in [3.05, 3.63) is 76.5 Å². The topological polar surface area (TPSA) is 74.8 Å². The average molecular weight is 279 g/mol. The zero-order chi connectivity index (χ0) is 14.7. The van der Waals surface area contributed by atoms with Gasteiger partial charge in [0.05, 0.1) is 0 Å². The van der Waals surface area contributed by atoms with Crippen molar-refractivity contribution in [1.82, 2.24) is 15.3 Å². The van der Waals surface area contributed by atoms with Crippen molar-refractivity contribution in [3.63, 3.8) is 0 Å². The van der Waals surface area contributed by atoms with Gasteiger partial charge in [0, 0.05) is 24.3 Å². The Morgan fingerprint density at radius 1 is 1.19 bits per heavy atom. The molecule has 0 saturated carbocycles. The van der Waals surface area contributed by atoms with Crippen molar-refractivity contribution < 1.29 is 4.79 Å². The minimum absolute atomic E-state index is 0.252. The zero-order valence-corrected chi connectivity index (χ0v) is 11.2. The summed E-state index contributed by atoms with van der Waals surface area (Å²) >= 11 is 0. The van der Waals surface area contributed by atoms with Gasteiger partial charge in [-0.05, 0) is 29.1 Å². The van der Waals surface area contributed by atoms with Crippen molar-refractivity contribution >= 4 is 16.7 Å². The lowest BCUT2D eigenvalue weighted by molar-refractivity contribution is 0.0946. The maximum atomic E-state index is 12.1. The van der Waals surface area contributed by atoms with Gasteiger partial charge in [0.25, 0.3) is 11.5 Å². The van der Waals surface area contributed by atoms with Gasteiger partial charge >= 0.3 is 0 Å². The molecule has 0 saturated heterocycles. The van der Waals surface area contributed by atoms with Gasteiger partial charge in [0.1, 0.15) is 5.69 Å². The fourth-order valence-corrected chi connectivity index (χ4v) is 2.11. The molecule has 0 aliphatic carbocycles. The smallest absolute Gasteiger partial charge is 0.268 e. The highest BCUT2D eigenvalue weighted by molar-refractivity contribution is 5.96. The molecular weight excluding hydrogens is 266 g/mol. The van der Waals surface area contributed by atoms with Crippen LogP contribution in [-0.4, -0.2) is 15.9 Å². The number of pyridine rings is 2. The van der Waals surface area contributed by atoms with E-state index < -0.39 is 0 Å². The standard InChI is InChI=1S/C16H13N3O2/c20-15-13-6-2-1-5-12(13)8-14(19-15)16(21)18-10-11-4-3-7-17-9-11/h1-9H,10H2,(H,18,21)(H,19,20). The molecule has 0 radical (unpaired) electrons. The molecule has 5 heteroatoms. The summed E-state index contributed by atoms with van der Waals surface area (Å²) < 4.78 is 0. The van der Waals surface area contributed by atoms with Crippen LogP contribution < -0.4 is 10.9 Å². The highest BCUT2D eigenvalue weighted by Gasteiger charge is 2.09. The predicted molar refractivity (Wildman–Crippen MR) is 80.0 cm³/mol. The fourth-order valence-electron chi connectivity index (χ4n) is 2.11. The summed E-state index contributed by atoms with van der Waals surface area (Å²) in [5.74, 6) is -0.318. The molecule has 5 nitrogen and oxygen atoms in total. The lowest BCUT2D eigenvalue weighted by Gasteiger charge is -2.06.